The van der Waals surface area contributed by atoms with Crippen LogP contribution in [0.3, 0.4) is 0 Å². The molecule has 1 amide bonds. The minimum atomic E-state index is -1.20. The predicted octanol–water partition coefficient (Wildman–Crippen LogP) is 3.14. The quantitative estimate of drug-likeness (QED) is 0.300. The van der Waals surface area contributed by atoms with E-state index < -0.39 is 5.54 Å². The van der Waals surface area contributed by atoms with Crippen molar-refractivity contribution in [3.63, 3.8) is 0 Å². The molecule has 38 heavy (non-hydrogen) atoms. The fourth-order valence-corrected chi connectivity index (χ4v) is 5.35. The van der Waals surface area contributed by atoms with Gasteiger partial charge in [0.1, 0.15) is 0 Å². The number of carbonyl (C=O) groups excluding carboxylic acids is 1. The lowest BCUT2D eigenvalue weighted by molar-refractivity contribution is -0.127. The van der Waals surface area contributed by atoms with Crippen LogP contribution >= 0.6 is 0 Å². The lowest BCUT2D eigenvalue weighted by atomic mass is 9.85. The third kappa shape index (κ3) is 4.08. The number of nitrogen functional groups attached to an aromatic ring is 1. The Balaban J connectivity index is 1.37. The number of furan rings is 1. The first kappa shape index (κ1) is 24.1. The molecule has 5 aromatic rings. The molecular weight excluding hydrogens is 484 g/mol. The second kappa shape index (κ2) is 9.56. The number of nitrogens with one attached hydrogen (secondary N) is 1. The van der Waals surface area contributed by atoms with Crippen LogP contribution in [0, 0.1) is 5.92 Å². The largest absolute Gasteiger partial charge is 0.461 e. The van der Waals surface area contributed by atoms with Crippen LogP contribution in [0.5, 0.6) is 0 Å². The summed E-state index contributed by atoms with van der Waals surface area (Å²) in [6, 6.07) is 13.0. The van der Waals surface area contributed by atoms with E-state index in [9.17, 15) is 9.90 Å². The number of fused-ring (bicyclic) bond motifs is 3. The molecule has 4 heterocycles. The maximum atomic E-state index is 13.9. The Morgan fingerprint density at radius 1 is 1.13 bits per heavy atom. The van der Waals surface area contributed by atoms with Gasteiger partial charge in [-0.2, -0.15) is 14.6 Å². The first-order chi connectivity index (χ1) is 18.4. The number of aliphatic hydroxyl groups excluding tert-OH is 1. The zero-order valence-electron chi connectivity index (χ0n) is 21.1. The number of amides is 1. The van der Waals surface area contributed by atoms with Gasteiger partial charge in [-0.25, -0.2) is 9.67 Å². The van der Waals surface area contributed by atoms with Gasteiger partial charge in [0, 0.05) is 6.54 Å². The molecule has 1 saturated carbocycles. The molecule has 1 atom stereocenters. The van der Waals surface area contributed by atoms with Gasteiger partial charge in [0.15, 0.2) is 22.6 Å². The zero-order chi connectivity index (χ0) is 26.3. The molecule has 11 nitrogen and oxygen atoms in total. The van der Waals surface area contributed by atoms with Gasteiger partial charge in [-0.05, 0) is 62.6 Å². The highest BCUT2D eigenvalue weighted by molar-refractivity contribution is 5.94. The number of aromatic nitrogens is 6. The summed E-state index contributed by atoms with van der Waals surface area (Å²) in [6.07, 6.45) is 7.48. The molecule has 196 valence electrons. The Morgan fingerprint density at radius 2 is 1.92 bits per heavy atom. The Morgan fingerprint density at radius 3 is 2.66 bits per heavy atom. The first-order valence-corrected chi connectivity index (χ1v) is 12.9. The van der Waals surface area contributed by atoms with E-state index in [1.54, 1.807) is 29.3 Å². The predicted molar refractivity (Wildman–Crippen MR) is 141 cm³/mol. The molecule has 0 radical (unpaired) electrons. The van der Waals surface area contributed by atoms with Crippen molar-refractivity contribution in [2.24, 2.45) is 5.92 Å². The number of aliphatic hydroxyl groups is 1. The normalized spacial score (nSPS) is 19.5. The van der Waals surface area contributed by atoms with Crippen LogP contribution in [0.1, 0.15) is 44.6 Å². The van der Waals surface area contributed by atoms with Crippen LogP contribution in [0.25, 0.3) is 28.3 Å². The van der Waals surface area contributed by atoms with Crippen LogP contribution in [-0.4, -0.2) is 53.0 Å². The Bertz CT molecular complexity index is 1570. The molecule has 0 aliphatic heterocycles. The van der Waals surface area contributed by atoms with E-state index in [0.29, 0.717) is 40.7 Å². The molecule has 1 aliphatic carbocycles. The molecular formula is C27H30N8O3. The second-order valence-electron chi connectivity index (χ2n) is 10.1. The summed E-state index contributed by atoms with van der Waals surface area (Å²) in [6.45, 7) is 2.37. The average molecular weight is 515 g/mol. The third-order valence-corrected chi connectivity index (χ3v) is 7.63. The lowest BCUT2D eigenvalue weighted by Crippen LogP contribution is -2.48. The van der Waals surface area contributed by atoms with E-state index in [0.717, 1.165) is 37.7 Å². The van der Waals surface area contributed by atoms with Gasteiger partial charge >= 0.3 is 0 Å². The van der Waals surface area contributed by atoms with Gasteiger partial charge in [0.2, 0.25) is 11.8 Å². The smallest absolute Gasteiger partial charge is 0.252 e. The van der Waals surface area contributed by atoms with Crippen molar-refractivity contribution < 1.29 is 14.3 Å². The fourth-order valence-electron chi connectivity index (χ4n) is 5.35. The van der Waals surface area contributed by atoms with Gasteiger partial charge in [0.05, 0.1) is 24.0 Å². The standard InChI is InChI=1S/C27H30N8O3/c1-27(18-6-3-2-4-7-18,25(37)29-14-13-17-9-11-19(36)12-10-17)35-24-20(16-30-35)23-31-22(21-8-5-15-38-21)33-34(23)26(28)32-24/h2-8,15-17,19,36H,9-14H2,1H3,(H2,28,32)(H,29,37)/t17?,19?,27-/m1/s1. The number of nitrogens with zero attached hydrogens (tertiary/aromatic N) is 6. The van der Waals surface area contributed by atoms with Crippen molar-refractivity contribution in [3.05, 3.63) is 60.5 Å². The number of carbonyl (C=O) groups is 1. The molecule has 1 aliphatic rings. The van der Waals surface area contributed by atoms with Crippen LogP contribution in [0.2, 0.25) is 0 Å². The molecule has 1 fully saturated rings. The number of hydrogen-bond acceptors (Lipinski definition) is 8. The van der Waals surface area contributed by atoms with E-state index in [-0.39, 0.29) is 18.0 Å². The van der Waals surface area contributed by atoms with E-state index in [2.05, 4.69) is 25.5 Å². The summed E-state index contributed by atoms with van der Waals surface area (Å²) >= 11 is 0. The van der Waals surface area contributed by atoms with Gasteiger partial charge in [-0.3, -0.25) is 4.79 Å². The number of nitrogens with two attached hydrogens (primary N) is 1. The van der Waals surface area contributed by atoms with Crippen molar-refractivity contribution in [1.82, 2.24) is 34.7 Å². The summed E-state index contributed by atoms with van der Waals surface area (Å²) < 4.78 is 8.51. The van der Waals surface area contributed by atoms with Gasteiger partial charge in [-0.1, -0.05) is 30.3 Å². The summed E-state index contributed by atoms with van der Waals surface area (Å²) in [5.41, 5.74) is 6.77. The summed E-state index contributed by atoms with van der Waals surface area (Å²) in [5.74, 6) is 1.31. The third-order valence-electron chi connectivity index (χ3n) is 7.63. The summed E-state index contributed by atoms with van der Waals surface area (Å²) in [5, 5.41) is 22.6. The molecule has 1 aromatic carbocycles. The van der Waals surface area contributed by atoms with Crippen molar-refractivity contribution >= 4 is 28.5 Å². The van der Waals surface area contributed by atoms with E-state index in [1.165, 1.54) is 4.52 Å². The second-order valence-corrected chi connectivity index (χ2v) is 10.1. The Labute approximate surface area is 218 Å². The maximum absolute atomic E-state index is 13.9. The average Bonchev–Trinajstić information content (AvgIpc) is 3.69. The highest BCUT2D eigenvalue weighted by Crippen LogP contribution is 2.32. The van der Waals surface area contributed by atoms with Crippen LogP contribution < -0.4 is 11.1 Å². The van der Waals surface area contributed by atoms with Gasteiger partial charge < -0.3 is 20.6 Å². The van der Waals surface area contributed by atoms with E-state index in [1.807, 2.05) is 37.3 Å². The molecule has 0 saturated heterocycles. The van der Waals surface area contributed by atoms with Crippen molar-refractivity contribution in [2.45, 2.75) is 50.7 Å². The first-order valence-electron chi connectivity index (χ1n) is 12.9. The molecule has 4 N–H and O–H groups in total. The monoisotopic (exact) mass is 514 g/mol. The van der Waals surface area contributed by atoms with E-state index >= 15 is 0 Å². The van der Waals surface area contributed by atoms with Gasteiger partial charge in [-0.15, -0.1) is 5.10 Å². The van der Waals surface area contributed by atoms with Crippen molar-refractivity contribution in [1.29, 1.82) is 0 Å². The Kier molecular flexibility index (Phi) is 6.07. The number of hydrogen-bond donors (Lipinski definition) is 3. The Hall–Kier alpha value is -4.25. The van der Waals surface area contributed by atoms with Crippen LogP contribution in [0.4, 0.5) is 5.95 Å². The SMILES string of the molecule is C[C@](C(=O)NCCC1CCC(O)CC1)(c1ccccc1)n1ncc2c1nc(N)n1nc(-c3ccco3)nc21. The van der Waals surface area contributed by atoms with Crippen molar-refractivity contribution in [2.75, 3.05) is 12.3 Å². The molecule has 4 aromatic heterocycles. The fraction of sp³-hybridized carbons (Fsp3) is 0.370. The summed E-state index contributed by atoms with van der Waals surface area (Å²) in [7, 11) is 0. The molecule has 0 spiro atoms. The minimum Gasteiger partial charge on any atom is -0.461 e. The highest BCUT2D eigenvalue weighted by Gasteiger charge is 2.40. The maximum Gasteiger partial charge on any atom is 0.252 e. The van der Waals surface area contributed by atoms with Crippen LogP contribution in [-0.2, 0) is 10.3 Å². The lowest BCUT2D eigenvalue weighted by Gasteiger charge is -2.30. The summed E-state index contributed by atoms with van der Waals surface area (Å²) in [4.78, 5) is 23.1. The molecule has 0 bridgehead atoms. The van der Waals surface area contributed by atoms with Crippen molar-refractivity contribution in [3.8, 4) is 11.6 Å². The number of benzene rings is 1. The number of rotatable bonds is 7. The van der Waals surface area contributed by atoms with Gasteiger partial charge in [0.25, 0.3) is 5.91 Å². The molecule has 6 rings (SSSR count). The zero-order valence-corrected chi connectivity index (χ0v) is 21.1. The minimum absolute atomic E-state index is 0.120. The van der Waals surface area contributed by atoms with E-state index in [4.69, 9.17) is 10.2 Å². The van der Waals surface area contributed by atoms with Crippen LogP contribution in [0.15, 0.2) is 59.3 Å². The topological polar surface area (TPSA) is 149 Å². The number of anilines is 1. The molecule has 11 heteroatoms. The highest BCUT2D eigenvalue weighted by atomic mass is 16.3. The molecule has 0 unspecified atom stereocenters.